The standard InChI is InChI=1S/C17H30N2O2/c1-5-7-20-8-9-21-17-11-15(10-16(6-2)19-17)13-18-12-14(3)4/h10-11,14,18H,5-9,12-13H2,1-4H3. The van der Waals surface area contributed by atoms with Gasteiger partial charge in [0, 0.05) is 24.9 Å². The molecule has 0 unspecified atom stereocenters. The Hall–Kier alpha value is -1.13. The first-order chi connectivity index (χ1) is 10.2. The summed E-state index contributed by atoms with van der Waals surface area (Å²) in [6, 6.07) is 4.17. The summed E-state index contributed by atoms with van der Waals surface area (Å²) in [6.07, 6.45) is 1.95. The number of hydrogen-bond acceptors (Lipinski definition) is 4. The van der Waals surface area contributed by atoms with Crippen LogP contribution in [-0.2, 0) is 17.7 Å². The lowest BCUT2D eigenvalue weighted by molar-refractivity contribution is 0.0989. The maximum atomic E-state index is 5.70. The number of nitrogens with zero attached hydrogens (tertiary/aromatic N) is 1. The minimum atomic E-state index is 0.555. The van der Waals surface area contributed by atoms with Crippen LogP contribution in [0.25, 0.3) is 0 Å². The average Bonchev–Trinajstić information content (AvgIpc) is 2.46. The second kappa shape index (κ2) is 10.6. The second-order valence-corrected chi connectivity index (χ2v) is 5.64. The van der Waals surface area contributed by atoms with Crippen molar-refractivity contribution in [1.82, 2.24) is 10.3 Å². The number of aryl methyl sites for hydroxylation is 1. The van der Waals surface area contributed by atoms with Gasteiger partial charge in [0.25, 0.3) is 0 Å². The van der Waals surface area contributed by atoms with Gasteiger partial charge in [0.05, 0.1) is 6.61 Å². The number of pyridine rings is 1. The van der Waals surface area contributed by atoms with Crippen LogP contribution in [-0.4, -0.2) is 31.3 Å². The Morgan fingerprint density at radius 1 is 1.14 bits per heavy atom. The molecule has 0 atom stereocenters. The van der Waals surface area contributed by atoms with E-state index in [1.807, 2.05) is 6.07 Å². The molecule has 1 aromatic rings. The van der Waals surface area contributed by atoms with Crippen LogP contribution in [0.1, 0.15) is 45.4 Å². The Balaban J connectivity index is 2.50. The van der Waals surface area contributed by atoms with Gasteiger partial charge >= 0.3 is 0 Å². The maximum absolute atomic E-state index is 5.70. The monoisotopic (exact) mass is 294 g/mol. The van der Waals surface area contributed by atoms with Gasteiger partial charge in [-0.25, -0.2) is 4.98 Å². The van der Waals surface area contributed by atoms with E-state index in [1.165, 1.54) is 5.56 Å². The molecule has 0 spiro atoms. The molecule has 0 bridgehead atoms. The fraction of sp³-hybridized carbons (Fsp3) is 0.706. The highest BCUT2D eigenvalue weighted by atomic mass is 16.5. The van der Waals surface area contributed by atoms with Gasteiger partial charge < -0.3 is 14.8 Å². The topological polar surface area (TPSA) is 43.4 Å². The van der Waals surface area contributed by atoms with E-state index in [2.05, 4.69) is 44.1 Å². The Morgan fingerprint density at radius 2 is 1.95 bits per heavy atom. The van der Waals surface area contributed by atoms with E-state index >= 15 is 0 Å². The minimum absolute atomic E-state index is 0.555. The minimum Gasteiger partial charge on any atom is -0.475 e. The van der Waals surface area contributed by atoms with Crippen molar-refractivity contribution in [3.05, 3.63) is 23.4 Å². The maximum Gasteiger partial charge on any atom is 0.213 e. The molecule has 1 aromatic heterocycles. The summed E-state index contributed by atoms with van der Waals surface area (Å²) < 4.78 is 11.1. The van der Waals surface area contributed by atoms with E-state index in [9.17, 15) is 0 Å². The van der Waals surface area contributed by atoms with E-state index in [4.69, 9.17) is 9.47 Å². The van der Waals surface area contributed by atoms with Gasteiger partial charge in [0.1, 0.15) is 6.61 Å². The normalized spacial score (nSPS) is 11.1. The highest BCUT2D eigenvalue weighted by molar-refractivity contribution is 5.25. The number of ether oxygens (including phenoxy) is 2. The molecule has 0 aromatic carbocycles. The van der Waals surface area contributed by atoms with Crippen molar-refractivity contribution < 1.29 is 9.47 Å². The first-order valence-electron chi connectivity index (χ1n) is 8.06. The lowest BCUT2D eigenvalue weighted by Gasteiger charge is -2.11. The van der Waals surface area contributed by atoms with Crippen LogP contribution in [0.4, 0.5) is 0 Å². The van der Waals surface area contributed by atoms with Crippen molar-refractivity contribution >= 4 is 0 Å². The van der Waals surface area contributed by atoms with Gasteiger partial charge in [-0.15, -0.1) is 0 Å². The Labute approximate surface area is 129 Å². The van der Waals surface area contributed by atoms with Crippen molar-refractivity contribution in [3.8, 4) is 5.88 Å². The third-order valence-corrected chi connectivity index (χ3v) is 2.98. The Kier molecular flexibility index (Phi) is 9.02. The number of hydrogen-bond donors (Lipinski definition) is 1. The van der Waals surface area contributed by atoms with Gasteiger partial charge in [-0.05, 0) is 36.9 Å². The van der Waals surface area contributed by atoms with Crippen LogP contribution in [0, 0.1) is 5.92 Å². The molecule has 1 heterocycles. The van der Waals surface area contributed by atoms with Crippen molar-refractivity contribution in [1.29, 1.82) is 0 Å². The first-order valence-corrected chi connectivity index (χ1v) is 8.06. The highest BCUT2D eigenvalue weighted by Crippen LogP contribution is 2.13. The third-order valence-electron chi connectivity index (χ3n) is 2.98. The summed E-state index contributed by atoms with van der Waals surface area (Å²) in [5, 5.41) is 3.46. The van der Waals surface area contributed by atoms with Crippen LogP contribution in [0.15, 0.2) is 12.1 Å². The largest absolute Gasteiger partial charge is 0.475 e. The van der Waals surface area contributed by atoms with E-state index in [0.717, 1.165) is 38.2 Å². The van der Waals surface area contributed by atoms with Crippen molar-refractivity contribution in [2.45, 2.75) is 47.1 Å². The molecule has 0 saturated carbocycles. The molecule has 0 amide bonds. The summed E-state index contributed by atoms with van der Waals surface area (Å²) in [6.45, 7) is 12.5. The van der Waals surface area contributed by atoms with Crippen LogP contribution in [0.3, 0.4) is 0 Å². The van der Waals surface area contributed by atoms with Crippen LogP contribution >= 0.6 is 0 Å². The molecule has 21 heavy (non-hydrogen) atoms. The summed E-state index contributed by atoms with van der Waals surface area (Å²) in [4.78, 5) is 4.51. The molecule has 0 aliphatic heterocycles. The van der Waals surface area contributed by atoms with Gasteiger partial charge in [-0.2, -0.15) is 0 Å². The van der Waals surface area contributed by atoms with Crippen molar-refractivity contribution in [3.63, 3.8) is 0 Å². The molecular weight excluding hydrogens is 264 g/mol. The molecule has 4 heteroatoms. The quantitative estimate of drug-likeness (QED) is 0.637. The summed E-state index contributed by atoms with van der Waals surface area (Å²) >= 11 is 0. The lowest BCUT2D eigenvalue weighted by Crippen LogP contribution is -2.19. The van der Waals surface area contributed by atoms with Crippen LogP contribution < -0.4 is 10.1 Å². The molecule has 1 N–H and O–H groups in total. The zero-order valence-corrected chi connectivity index (χ0v) is 13.9. The van der Waals surface area contributed by atoms with Gasteiger partial charge in [0.2, 0.25) is 5.88 Å². The summed E-state index contributed by atoms with van der Waals surface area (Å²) in [5.41, 5.74) is 2.30. The molecule has 120 valence electrons. The molecule has 0 radical (unpaired) electrons. The van der Waals surface area contributed by atoms with Gasteiger partial charge in [0.15, 0.2) is 0 Å². The van der Waals surface area contributed by atoms with E-state index in [-0.39, 0.29) is 0 Å². The van der Waals surface area contributed by atoms with E-state index in [1.54, 1.807) is 0 Å². The smallest absolute Gasteiger partial charge is 0.213 e. The van der Waals surface area contributed by atoms with Crippen LogP contribution in [0.5, 0.6) is 5.88 Å². The molecule has 0 aliphatic carbocycles. The SMILES string of the molecule is CCCOCCOc1cc(CNCC(C)C)cc(CC)n1. The fourth-order valence-corrected chi connectivity index (χ4v) is 1.93. The Bertz CT molecular complexity index is 394. The lowest BCUT2D eigenvalue weighted by atomic mass is 10.2. The third kappa shape index (κ3) is 8.02. The van der Waals surface area contributed by atoms with E-state index < -0.39 is 0 Å². The average molecular weight is 294 g/mol. The molecule has 0 aliphatic rings. The van der Waals surface area contributed by atoms with Crippen LogP contribution in [0.2, 0.25) is 0 Å². The molecule has 0 saturated heterocycles. The number of nitrogens with one attached hydrogen (secondary N) is 1. The summed E-state index contributed by atoms with van der Waals surface area (Å²) in [7, 11) is 0. The molecular formula is C17H30N2O2. The predicted octanol–water partition coefficient (Wildman–Crippen LogP) is 3.20. The zero-order valence-electron chi connectivity index (χ0n) is 13.9. The Morgan fingerprint density at radius 3 is 2.62 bits per heavy atom. The predicted molar refractivity (Wildman–Crippen MR) is 86.8 cm³/mol. The fourth-order valence-electron chi connectivity index (χ4n) is 1.93. The number of rotatable bonds is 11. The first kappa shape index (κ1) is 17.9. The second-order valence-electron chi connectivity index (χ2n) is 5.64. The molecule has 0 fully saturated rings. The summed E-state index contributed by atoms with van der Waals surface area (Å²) in [5.74, 6) is 1.36. The zero-order chi connectivity index (χ0) is 15.5. The molecule has 4 nitrogen and oxygen atoms in total. The van der Waals surface area contributed by atoms with Crippen molar-refractivity contribution in [2.24, 2.45) is 5.92 Å². The van der Waals surface area contributed by atoms with Gasteiger partial charge in [-0.3, -0.25) is 0 Å². The molecule has 1 rings (SSSR count). The van der Waals surface area contributed by atoms with E-state index in [0.29, 0.717) is 25.0 Å². The van der Waals surface area contributed by atoms with Crippen molar-refractivity contribution in [2.75, 3.05) is 26.4 Å². The number of aromatic nitrogens is 1. The highest BCUT2D eigenvalue weighted by Gasteiger charge is 2.04. The van der Waals surface area contributed by atoms with Gasteiger partial charge in [-0.1, -0.05) is 27.7 Å².